The van der Waals surface area contributed by atoms with E-state index < -0.39 is 11.5 Å². The van der Waals surface area contributed by atoms with Gasteiger partial charge in [-0.05, 0) is 41.1 Å². The number of nitrogens with zero attached hydrogens (tertiary/aromatic N) is 2. The smallest absolute Gasteiger partial charge is 0.329 e. The number of hydrazine groups is 1. The number of nitrogens with one attached hydrogen (secondary N) is 1. The molecule has 1 aromatic heterocycles. The molecule has 84 valence electrons. The van der Waals surface area contributed by atoms with Crippen LogP contribution in [0.25, 0.3) is 0 Å². The topological polar surface area (TPSA) is 65.5 Å². The van der Waals surface area contributed by atoms with E-state index in [0.29, 0.717) is 10.4 Å². The third-order valence-corrected chi connectivity index (χ3v) is 2.74. The van der Waals surface area contributed by atoms with Crippen LogP contribution in [0.4, 0.5) is 5.82 Å². The summed E-state index contributed by atoms with van der Waals surface area (Å²) in [6.07, 6.45) is 3.24. The fraction of sp³-hybridized carbons (Fsp3) is 0.200. The van der Waals surface area contributed by atoms with E-state index in [1.165, 1.54) is 0 Å². The molecule has 0 bridgehead atoms. The number of carboxylic acids is 1. The molecule has 6 heteroatoms. The lowest BCUT2D eigenvalue weighted by Crippen LogP contribution is -2.50. The highest BCUT2D eigenvalue weighted by molar-refractivity contribution is 9.10. The monoisotopic (exact) mass is 283 g/mol. The summed E-state index contributed by atoms with van der Waals surface area (Å²) >= 11 is 3.26. The van der Waals surface area contributed by atoms with Crippen LogP contribution in [0.5, 0.6) is 0 Å². The van der Waals surface area contributed by atoms with E-state index in [0.717, 1.165) is 0 Å². The maximum Gasteiger partial charge on any atom is 0.329 e. The van der Waals surface area contributed by atoms with Crippen LogP contribution in [0.2, 0.25) is 0 Å². The maximum atomic E-state index is 11.0. The Balaban J connectivity index is 2.22. The molecule has 5 nitrogen and oxygen atoms in total. The number of hydrogen-bond acceptors (Lipinski definition) is 4. The van der Waals surface area contributed by atoms with Crippen LogP contribution < -0.4 is 10.4 Å². The Bertz CT molecular complexity index is 463. The zero-order chi connectivity index (χ0) is 11.8. The Morgan fingerprint density at radius 2 is 2.38 bits per heavy atom. The van der Waals surface area contributed by atoms with Crippen LogP contribution in [0.1, 0.15) is 6.92 Å². The van der Waals surface area contributed by atoms with Crippen molar-refractivity contribution in [2.75, 3.05) is 5.01 Å². The second kappa shape index (κ2) is 3.88. The summed E-state index contributed by atoms with van der Waals surface area (Å²) in [6.45, 7) is 1.59. The predicted octanol–water partition coefficient (Wildman–Crippen LogP) is 1.53. The SMILES string of the molecule is CC1(C(=O)O)C=CN(c2cccc(Br)n2)N1. The Kier molecular flexibility index (Phi) is 2.69. The van der Waals surface area contributed by atoms with Gasteiger partial charge in [-0.2, -0.15) is 0 Å². The highest BCUT2D eigenvalue weighted by atomic mass is 79.9. The van der Waals surface area contributed by atoms with Crippen LogP contribution >= 0.6 is 15.9 Å². The van der Waals surface area contributed by atoms with Gasteiger partial charge in [-0.15, -0.1) is 0 Å². The second-order valence-electron chi connectivity index (χ2n) is 3.62. The van der Waals surface area contributed by atoms with E-state index >= 15 is 0 Å². The molecule has 0 aromatic carbocycles. The average Bonchev–Trinajstić information content (AvgIpc) is 2.62. The minimum atomic E-state index is -1.08. The number of aliphatic carboxylic acids is 1. The molecule has 0 amide bonds. The van der Waals surface area contributed by atoms with Crippen LogP contribution in [0, 0.1) is 0 Å². The van der Waals surface area contributed by atoms with Gasteiger partial charge in [0.05, 0.1) is 0 Å². The summed E-state index contributed by atoms with van der Waals surface area (Å²) in [6, 6.07) is 5.42. The van der Waals surface area contributed by atoms with Crippen molar-refractivity contribution in [3.05, 3.63) is 35.1 Å². The van der Waals surface area contributed by atoms with Crippen molar-refractivity contribution in [2.45, 2.75) is 12.5 Å². The lowest BCUT2D eigenvalue weighted by atomic mass is 10.1. The third kappa shape index (κ3) is 1.94. The second-order valence-corrected chi connectivity index (χ2v) is 4.44. The van der Waals surface area contributed by atoms with Crippen molar-refractivity contribution < 1.29 is 9.90 Å². The first-order valence-electron chi connectivity index (χ1n) is 4.64. The minimum absolute atomic E-state index is 0.635. The number of anilines is 1. The summed E-state index contributed by atoms with van der Waals surface area (Å²) in [5.74, 6) is -0.295. The van der Waals surface area contributed by atoms with Gasteiger partial charge >= 0.3 is 5.97 Å². The number of hydrogen-bond donors (Lipinski definition) is 2. The lowest BCUT2D eigenvalue weighted by Gasteiger charge is -2.23. The van der Waals surface area contributed by atoms with Crippen molar-refractivity contribution in [3.63, 3.8) is 0 Å². The van der Waals surface area contributed by atoms with Gasteiger partial charge in [-0.3, -0.25) is 5.01 Å². The molecule has 0 spiro atoms. The van der Waals surface area contributed by atoms with Crippen LogP contribution in [-0.4, -0.2) is 21.6 Å². The molecule has 1 atom stereocenters. The van der Waals surface area contributed by atoms with Crippen LogP contribution in [0.3, 0.4) is 0 Å². The largest absolute Gasteiger partial charge is 0.480 e. The van der Waals surface area contributed by atoms with Crippen molar-refractivity contribution >= 4 is 27.7 Å². The van der Waals surface area contributed by atoms with E-state index in [9.17, 15) is 4.79 Å². The number of pyridine rings is 1. The number of halogens is 1. The Hall–Kier alpha value is -1.40. The summed E-state index contributed by atoms with van der Waals surface area (Å²) < 4.78 is 0.698. The van der Waals surface area contributed by atoms with Crippen LogP contribution in [-0.2, 0) is 4.79 Å². The molecule has 1 aliphatic heterocycles. The molecule has 0 aliphatic carbocycles. The fourth-order valence-corrected chi connectivity index (χ4v) is 1.67. The molecule has 2 heterocycles. The normalized spacial score (nSPS) is 23.8. The Labute approximate surface area is 101 Å². The molecule has 1 aliphatic rings. The summed E-state index contributed by atoms with van der Waals surface area (Å²) in [5.41, 5.74) is 1.77. The number of rotatable bonds is 2. The Morgan fingerprint density at radius 1 is 1.62 bits per heavy atom. The molecule has 0 radical (unpaired) electrons. The first-order valence-corrected chi connectivity index (χ1v) is 5.43. The minimum Gasteiger partial charge on any atom is -0.480 e. The van der Waals surface area contributed by atoms with Gasteiger partial charge in [0.25, 0.3) is 0 Å². The maximum absolute atomic E-state index is 11.0. The third-order valence-electron chi connectivity index (χ3n) is 2.30. The van der Waals surface area contributed by atoms with Crippen molar-refractivity contribution in [2.24, 2.45) is 0 Å². The van der Waals surface area contributed by atoms with Gasteiger partial charge in [0.1, 0.15) is 10.4 Å². The molecule has 0 fully saturated rings. The summed E-state index contributed by atoms with van der Waals surface area (Å²) in [5, 5.41) is 10.6. The quantitative estimate of drug-likeness (QED) is 0.806. The van der Waals surface area contributed by atoms with Gasteiger partial charge in [0.2, 0.25) is 0 Å². The van der Waals surface area contributed by atoms with Crippen molar-refractivity contribution in [1.82, 2.24) is 10.4 Å². The number of carbonyl (C=O) groups is 1. The molecule has 0 saturated heterocycles. The van der Waals surface area contributed by atoms with E-state index in [-0.39, 0.29) is 0 Å². The molecule has 2 N–H and O–H groups in total. The summed E-state index contributed by atoms with van der Waals surface area (Å²) in [7, 11) is 0. The van der Waals surface area contributed by atoms with Crippen LogP contribution in [0.15, 0.2) is 35.1 Å². The molecular weight excluding hydrogens is 274 g/mol. The number of aromatic nitrogens is 1. The zero-order valence-electron chi connectivity index (χ0n) is 8.51. The lowest BCUT2D eigenvalue weighted by molar-refractivity contribution is -0.141. The molecule has 1 unspecified atom stereocenters. The van der Waals surface area contributed by atoms with Gasteiger partial charge in [0, 0.05) is 6.20 Å². The number of carboxylic acid groups (broad SMARTS) is 1. The highest BCUT2D eigenvalue weighted by Crippen LogP contribution is 2.21. The Morgan fingerprint density at radius 3 is 2.94 bits per heavy atom. The molecular formula is C10H10BrN3O2. The van der Waals surface area contributed by atoms with E-state index in [2.05, 4.69) is 26.3 Å². The first-order chi connectivity index (χ1) is 7.51. The van der Waals surface area contributed by atoms with Gasteiger partial charge in [-0.1, -0.05) is 6.07 Å². The molecule has 16 heavy (non-hydrogen) atoms. The van der Waals surface area contributed by atoms with Crippen molar-refractivity contribution in [3.8, 4) is 0 Å². The predicted molar refractivity (Wildman–Crippen MR) is 62.7 cm³/mol. The van der Waals surface area contributed by atoms with Gasteiger partial charge < -0.3 is 5.11 Å². The highest BCUT2D eigenvalue weighted by Gasteiger charge is 2.36. The first kappa shape index (κ1) is 11.1. The van der Waals surface area contributed by atoms with Gasteiger partial charge in [-0.25, -0.2) is 15.2 Å². The summed E-state index contributed by atoms with van der Waals surface area (Å²) in [4.78, 5) is 15.2. The average molecular weight is 284 g/mol. The molecule has 2 rings (SSSR count). The van der Waals surface area contributed by atoms with Crippen molar-refractivity contribution in [1.29, 1.82) is 0 Å². The molecule has 1 aromatic rings. The van der Waals surface area contributed by atoms with Gasteiger partial charge in [0.15, 0.2) is 5.54 Å². The van der Waals surface area contributed by atoms with E-state index in [1.54, 1.807) is 36.3 Å². The van der Waals surface area contributed by atoms with E-state index in [1.807, 2.05) is 6.07 Å². The fourth-order valence-electron chi connectivity index (χ4n) is 1.33. The van der Waals surface area contributed by atoms with E-state index in [4.69, 9.17) is 5.11 Å². The zero-order valence-corrected chi connectivity index (χ0v) is 10.1. The molecule has 0 saturated carbocycles. The standard InChI is InChI=1S/C10H10BrN3O2/c1-10(9(15)16)5-6-14(13-10)8-4-2-3-7(11)12-8/h2-6,13H,1H3,(H,15,16).